The minimum atomic E-state index is -0.145. The summed E-state index contributed by atoms with van der Waals surface area (Å²) in [5, 5.41) is 2.86. The largest absolute Gasteiger partial charge is 0.457 e. The fourth-order valence-electron chi connectivity index (χ4n) is 4.42. The predicted molar refractivity (Wildman–Crippen MR) is 127 cm³/mol. The number of para-hydroxylation sites is 1. The van der Waals surface area contributed by atoms with E-state index < -0.39 is 0 Å². The zero-order chi connectivity index (χ0) is 22.9. The number of hydrogen-bond donors (Lipinski definition) is 1. The molecule has 0 aliphatic carbocycles. The first-order valence-corrected chi connectivity index (χ1v) is 11.1. The highest BCUT2D eigenvalue weighted by atomic mass is 16.3. The fraction of sp³-hybridized carbons (Fsp3) is 0.269. The number of anilines is 1. The Morgan fingerprint density at radius 2 is 1.91 bits per heavy atom. The molecule has 2 aromatic heterocycles. The van der Waals surface area contributed by atoms with E-state index in [-0.39, 0.29) is 11.8 Å². The van der Waals surface area contributed by atoms with Gasteiger partial charge in [0.1, 0.15) is 17.2 Å². The number of fused-ring (bicyclic) bond motifs is 1. The van der Waals surface area contributed by atoms with Crippen molar-refractivity contribution in [3.05, 3.63) is 71.7 Å². The molecule has 1 saturated heterocycles. The minimum Gasteiger partial charge on any atom is -0.457 e. The van der Waals surface area contributed by atoms with Crippen LogP contribution < -0.4 is 5.32 Å². The van der Waals surface area contributed by atoms with E-state index in [0.29, 0.717) is 28.8 Å². The molecule has 3 aromatic rings. The van der Waals surface area contributed by atoms with Gasteiger partial charge in [0, 0.05) is 42.1 Å². The number of nitrogens with zero attached hydrogens (tertiary/aromatic N) is 3. The maximum atomic E-state index is 12.8. The third kappa shape index (κ3) is 4.19. The van der Waals surface area contributed by atoms with E-state index in [4.69, 9.17) is 4.42 Å². The van der Waals surface area contributed by atoms with Crippen LogP contribution in [0.5, 0.6) is 0 Å². The van der Waals surface area contributed by atoms with Crippen LogP contribution in [0.2, 0.25) is 0 Å². The maximum absolute atomic E-state index is 12.8. The third-order valence-electron chi connectivity index (χ3n) is 6.37. The molecule has 4 heterocycles. The van der Waals surface area contributed by atoms with Crippen LogP contribution in [0, 0.1) is 0 Å². The van der Waals surface area contributed by atoms with Crippen molar-refractivity contribution in [2.45, 2.75) is 18.9 Å². The van der Waals surface area contributed by atoms with Gasteiger partial charge in [-0.05, 0) is 63.3 Å². The number of nitrogens with one attached hydrogen (secondary N) is 1. The Morgan fingerprint density at radius 1 is 1.12 bits per heavy atom. The van der Waals surface area contributed by atoms with Gasteiger partial charge < -0.3 is 19.5 Å². The van der Waals surface area contributed by atoms with Gasteiger partial charge in [0.25, 0.3) is 11.8 Å². The molecule has 7 nitrogen and oxygen atoms in total. The number of carbonyl (C=O) groups is 2. The van der Waals surface area contributed by atoms with E-state index in [1.165, 1.54) is 0 Å². The average molecular weight is 443 g/mol. The van der Waals surface area contributed by atoms with Crippen LogP contribution in [0.25, 0.3) is 23.0 Å². The van der Waals surface area contributed by atoms with Crippen LogP contribution in [-0.2, 0) is 4.79 Å². The summed E-state index contributed by atoms with van der Waals surface area (Å²) < 4.78 is 5.95. The van der Waals surface area contributed by atoms with E-state index >= 15 is 0 Å². The first-order chi connectivity index (χ1) is 16.0. The molecule has 2 aliphatic rings. The lowest BCUT2D eigenvalue weighted by Gasteiger charge is -2.35. The summed E-state index contributed by atoms with van der Waals surface area (Å²) in [5.74, 6) is 1.03. The van der Waals surface area contributed by atoms with Gasteiger partial charge in [0.15, 0.2) is 0 Å². The zero-order valence-electron chi connectivity index (χ0n) is 18.7. The summed E-state index contributed by atoms with van der Waals surface area (Å²) in [6.07, 6.45) is 5.36. The molecule has 0 radical (unpaired) electrons. The molecule has 0 unspecified atom stereocenters. The number of rotatable bonds is 4. The van der Waals surface area contributed by atoms with Crippen LogP contribution >= 0.6 is 0 Å². The number of amides is 2. The molecule has 1 aromatic carbocycles. The van der Waals surface area contributed by atoms with Gasteiger partial charge in [-0.1, -0.05) is 18.2 Å². The van der Waals surface area contributed by atoms with Crippen LogP contribution in [0.3, 0.4) is 0 Å². The average Bonchev–Trinajstić information content (AvgIpc) is 3.43. The first kappa shape index (κ1) is 21.2. The van der Waals surface area contributed by atoms with Gasteiger partial charge in [-0.3, -0.25) is 14.6 Å². The number of benzene rings is 1. The molecular weight excluding hydrogens is 416 g/mol. The van der Waals surface area contributed by atoms with Crippen LogP contribution in [0.15, 0.2) is 59.1 Å². The molecule has 168 valence electrons. The standard InChI is InChI=1S/C26H26N4O3/c1-29(2)18-11-13-30(14-12-18)26(32)23-9-7-17(16-27-23)24-10-8-19(33-24)15-21-20-5-3-4-6-22(20)28-25(21)31/h3-10,15-16,18H,11-14H2,1-2H3,(H,28,31). The van der Waals surface area contributed by atoms with E-state index in [2.05, 4.69) is 29.3 Å². The number of hydrogen-bond acceptors (Lipinski definition) is 5. The van der Waals surface area contributed by atoms with Crippen molar-refractivity contribution in [3.63, 3.8) is 0 Å². The number of pyridine rings is 1. The predicted octanol–water partition coefficient (Wildman–Crippen LogP) is 4.00. The second-order valence-corrected chi connectivity index (χ2v) is 8.68. The van der Waals surface area contributed by atoms with E-state index in [1.54, 1.807) is 18.3 Å². The van der Waals surface area contributed by atoms with Crippen molar-refractivity contribution < 1.29 is 14.0 Å². The lowest BCUT2D eigenvalue weighted by molar-refractivity contribution is -0.110. The lowest BCUT2D eigenvalue weighted by atomic mass is 10.0. The van der Waals surface area contributed by atoms with Crippen molar-refractivity contribution in [2.75, 3.05) is 32.5 Å². The van der Waals surface area contributed by atoms with Gasteiger partial charge in [-0.25, -0.2) is 0 Å². The molecule has 0 bridgehead atoms. The summed E-state index contributed by atoms with van der Waals surface area (Å²) in [4.78, 5) is 33.7. The summed E-state index contributed by atoms with van der Waals surface area (Å²) >= 11 is 0. The van der Waals surface area contributed by atoms with Crippen molar-refractivity contribution in [1.29, 1.82) is 0 Å². The monoisotopic (exact) mass is 442 g/mol. The van der Waals surface area contributed by atoms with Crippen LogP contribution in [0.4, 0.5) is 5.69 Å². The van der Waals surface area contributed by atoms with E-state index in [9.17, 15) is 9.59 Å². The molecule has 2 amide bonds. The Morgan fingerprint density at radius 3 is 2.64 bits per heavy atom. The van der Waals surface area contributed by atoms with Crippen molar-refractivity contribution in [3.8, 4) is 11.3 Å². The number of aromatic nitrogens is 1. The Kier molecular flexibility index (Phi) is 5.56. The molecule has 0 atom stereocenters. The van der Waals surface area contributed by atoms with E-state index in [1.807, 2.05) is 47.4 Å². The second kappa shape index (κ2) is 8.67. The summed E-state index contributed by atoms with van der Waals surface area (Å²) in [6.45, 7) is 1.50. The highest BCUT2D eigenvalue weighted by Crippen LogP contribution is 2.33. The zero-order valence-corrected chi connectivity index (χ0v) is 18.7. The van der Waals surface area contributed by atoms with Gasteiger partial charge in [0.2, 0.25) is 0 Å². The smallest absolute Gasteiger partial charge is 0.272 e. The lowest BCUT2D eigenvalue weighted by Crippen LogP contribution is -2.44. The molecule has 1 fully saturated rings. The Bertz CT molecular complexity index is 1220. The Hall–Kier alpha value is -3.71. The molecular formula is C26H26N4O3. The SMILES string of the molecule is CN(C)C1CCN(C(=O)c2ccc(-c3ccc(C=C4C(=O)Nc5ccccc54)o3)cn2)CC1. The third-order valence-corrected chi connectivity index (χ3v) is 6.37. The highest BCUT2D eigenvalue weighted by Gasteiger charge is 2.26. The molecule has 2 aliphatic heterocycles. The minimum absolute atomic E-state index is 0.0328. The van der Waals surface area contributed by atoms with Crippen LogP contribution in [0.1, 0.15) is 34.7 Å². The molecule has 0 spiro atoms. The first-order valence-electron chi connectivity index (χ1n) is 11.1. The number of furan rings is 1. The Labute approximate surface area is 192 Å². The van der Waals surface area contributed by atoms with Gasteiger partial charge in [-0.2, -0.15) is 0 Å². The summed E-state index contributed by atoms with van der Waals surface area (Å²) in [7, 11) is 4.17. The quantitative estimate of drug-likeness (QED) is 0.618. The maximum Gasteiger partial charge on any atom is 0.272 e. The normalized spacial score (nSPS) is 17.5. The van der Waals surface area contributed by atoms with Crippen molar-refractivity contribution >= 4 is 29.2 Å². The van der Waals surface area contributed by atoms with Gasteiger partial charge in [0.05, 0.1) is 5.57 Å². The van der Waals surface area contributed by atoms with Gasteiger partial charge >= 0.3 is 0 Å². The topological polar surface area (TPSA) is 78.7 Å². The van der Waals surface area contributed by atoms with E-state index in [0.717, 1.165) is 42.7 Å². The molecule has 7 heteroatoms. The number of piperidine rings is 1. The number of carbonyl (C=O) groups excluding carboxylic acids is 2. The Balaban J connectivity index is 1.29. The van der Waals surface area contributed by atoms with Crippen molar-refractivity contribution in [2.24, 2.45) is 0 Å². The summed E-state index contributed by atoms with van der Waals surface area (Å²) in [5.41, 5.74) is 3.45. The number of likely N-dealkylation sites (tertiary alicyclic amines) is 1. The second-order valence-electron chi connectivity index (χ2n) is 8.68. The summed E-state index contributed by atoms with van der Waals surface area (Å²) in [6, 6.07) is 15.4. The molecule has 1 N–H and O–H groups in total. The van der Waals surface area contributed by atoms with Gasteiger partial charge in [-0.15, -0.1) is 0 Å². The fourth-order valence-corrected chi connectivity index (χ4v) is 4.42. The molecule has 5 rings (SSSR count). The van der Waals surface area contributed by atoms with Crippen LogP contribution in [-0.4, -0.2) is 59.8 Å². The molecule has 33 heavy (non-hydrogen) atoms. The van der Waals surface area contributed by atoms with Crippen molar-refractivity contribution in [1.82, 2.24) is 14.8 Å². The highest BCUT2D eigenvalue weighted by molar-refractivity contribution is 6.34. The molecule has 0 saturated carbocycles.